The molecular weight excluding hydrogens is 206 g/mol. The van der Waals surface area contributed by atoms with Crippen LogP contribution in [0.3, 0.4) is 0 Å². The molecule has 3 nitrogen and oxygen atoms in total. The maximum atomic E-state index is 8.66. The van der Waals surface area contributed by atoms with Gasteiger partial charge in [0.15, 0.2) is 4.47 Å². The zero-order valence-corrected chi connectivity index (χ0v) is 9.06. The molecule has 13 heavy (non-hydrogen) atoms. The Labute approximate surface area is 86.6 Å². The first-order valence-electron chi connectivity index (χ1n) is 3.83. The first-order valence-corrected chi connectivity index (χ1v) is 5.03. The van der Waals surface area contributed by atoms with Crippen molar-refractivity contribution < 1.29 is 0 Å². The largest absolute Gasteiger partial charge is 0.286 e. The van der Waals surface area contributed by atoms with Gasteiger partial charge in [0, 0.05) is 17.6 Å². The normalized spacial score (nSPS) is 12.8. The maximum absolute atomic E-state index is 8.66. The highest BCUT2D eigenvalue weighted by molar-refractivity contribution is 7.15. The van der Waals surface area contributed by atoms with Gasteiger partial charge in [0.25, 0.3) is 0 Å². The number of hydrogen-bond donors (Lipinski definition) is 0. The van der Waals surface area contributed by atoms with Crippen molar-refractivity contribution in [2.75, 3.05) is 7.05 Å². The van der Waals surface area contributed by atoms with Gasteiger partial charge >= 0.3 is 0 Å². The molecule has 1 rings (SSSR count). The van der Waals surface area contributed by atoms with Gasteiger partial charge in [-0.15, -0.1) is 11.3 Å². The molecule has 0 spiro atoms. The van der Waals surface area contributed by atoms with Crippen LogP contribution in [0.15, 0.2) is 6.20 Å². The van der Waals surface area contributed by atoms with Crippen molar-refractivity contribution in [3.63, 3.8) is 0 Å². The van der Waals surface area contributed by atoms with Gasteiger partial charge in [-0.05, 0) is 14.0 Å². The van der Waals surface area contributed by atoms with Crippen molar-refractivity contribution in [1.29, 1.82) is 5.26 Å². The van der Waals surface area contributed by atoms with Gasteiger partial charge in [0.05, 0.1) is 12.1 Å². The number of thiazole rings is 1. The van der Waals surface area contributed by atoms with Crippen LogP contribution in [-0.4, -0.2) is 23.0 Å². The van der Waals surface area contributed by atoms with E-state index in [4.69, 9.17) is 16.9 Å². The molecule has 0 aliphatic carbocycles. The maximum Gasteiger partial charge on any atom is 0.183 e. The van der Waals surface area contributed by atoms with Gasteiger partial charge in [0.1, 0.15) is 0 Å². The van der Waals surface area contributed by atoms with E-state index in [9.17, 15) is 0 Å². The fraction of sp³-hybridized carbons (Fsp3) is 0.500. The lowest BCUT2D eigenvalue weighted by atomic mass is 10.3. The molecule has 1 unspecified atom stereocenters. The monoisotopic (exact) mass is 215 g/mol. The highest BCUT2D eigenvalue weighted by Gasteiger charge is 2.09. The summed E-state index contributed by atoms with van der Waals surface area (Å²) in [4.78, 5) is 6.96. The zero-order valence-electron chi connectivity index (χ0n) is 7.49. The molecule has 0 radical (unpaired) electrons. The number of hydrogen-bond acceptors (Lipinski definition) is 4. The molecule has 1 aromatic heterocycles. The Hall–Kier alpha value is -0.630. The van der Waals surface area contributed by atoms with Crippen molar-refractivity contribution in [2.45, 2.75) is 19.5 Å². The van der Waals surface area contributed by atoms with Crippen molar-refractivity contribution in [2.24, 2.45) is 0 Å². The Morgan fingerprint density at radius 1 is 1.85 bits per heavy atom. The van der Waals surface area contributed by atoms with Crippen LogP contribution < -0.4 is 0 Å². The molecule has 0 amide bonds. The summed E-state index contributed by atoms with van der Waals surface area (Å²) in [5.74, 6) is 0. The molecular formula is C8H10ClN3S. The second kappa shape index (κ2) is 4.56. The second-order valence-electron chi connectivity index (χ2n) is 2.80. The van der Waals surface area contributed by atoms with E-state index in [0.717, 1.165) is 11.4 Å². The number of halogens is 1. The number of nitrogens with zero attached hydrogens (tertiary/aromatic N) is 3. The second-order valence-corrected chi connectivity index (χ2v) is 4.50. The zero-order chi connectivity index (χ0) is 9.84. The number of rotatable bonds is 3. The van der Waals surface area contributed by atoms with Gasteiger partial charge < -0.3 is 0 Å². The predicted octanol–water partition coefficient (Wildman–Crippen LogP) is 2.14. The molecule has 0 bridgehead atoms. The van der Waals surface area contributed by atoms with E-state index < -0.39 is 0 Å². The minimum atomic E-state index is -0.0825. The third-order valence-electron chi connectivity index (χ3n) is 1.78. The van der Waals surface area contributed by atoms with Gasteiger partial charge in [0.2, 0.25) is 0 Å². The molecule has 5 heteroatoms. The van der Waals surface area contributed by atoms with Crippen LogP contribution >= 0.6 is 22.9 Å². The lowest BCUT2D eigenvalue weighted by Gasteiger charge is -2.16. The average molecular weight is 216 g/mol. The van der Waals surface area contributed by atoms with E-state index >= 15 is 0 Å². The summed E-state index contributed by atoms with van der Waals surface area (Å²) in [5.41, 5.74) is 0. The van der Waals surface area contributed by atoms with Crippen molar-refractivity contribution in [1.82, 2.24) is 9.88 Å². The third kappa shape index (κ3) is 2.96. The standard InChI is InChI=1S/C8H10ClN3S/c1-6(3-10)12(2)5-7-4-11-8(9)13-7/h4,6H,5H2,1-2H3. The van der Waals surface area contributed by atoms with Gasteiger partial charge in [-0.2, -0.15) is 5.26 Å². The summed E-state index contributed by atoms with van der Waals surface area (Å²) in [6.45, 7) is 2.59. The highest BCUT2D eigenvalue weighted by Crippen LogP contribution is 2.19. The molecule has 0 aromatic carbocycles. The van der Waals surface area contributed by atoms with E-state index in [2.05, 4.69) is 11.1 Å². The molecule has 0 aliphatic rings. The molecule has 1 heterocycles. The summed E-state index contributed by atoms with van der Waals surface area (Å²) in [7, 11) is 1.90. The fourth-order valence-electron chi connectivity index (χ4n) is 0.838. The molecule has 0 saturated carbocycles. The van der Waals surface area contributed by atoms with Crippen molar-refractivity contribution >= 4 is 22.9 Å². The van der Waals surface area contributed by atoms with Crippen molar-refractivity contribution in [3.8, 4) is 6.07 Å². The average Bonchev–Trinajstić information content (AvgIpc) is 2.49. The summed E-state index contributed by atoms with van der Waals surface area (Å²) in [6, 6.07) is 2.09. The Bertz CT molecular complexity index is 317. The summed E-state index contributed by atoms with van der Waals surface area (Å²) in [6.07, 6.45) is 1.74. The molecule has 0 aliphatic heterocycles. The minimum Gasteiger partial charge on any atom is -0.286 e. The first kappa shape index (κ1) is 10.5. The number of nitriles is 1. The SMILES string of the molecule is CC(C#N)N(C)Cc1cnc(Cl)s1. The topological polar surface area (TPSA) is 39.9 Å². The molecule has 70 valence electrons. The van der Waals surface area contributed by atoms with E-state index in [1.807, 2.05) is 18.9 Å². The predicted molar refractivity (Wildman–Crippen MR) is 53.7 cm³/mol. The van der Waals surface area contributed by atoms with Crippen LogP contribution in [0, 0.1) is 11.3 Å². The summed E-state index contributed by atoms with van der Waals surface area (Å²) < 4.78 is 0.549. The lowest BCUT2D eigenvalue weighted by Crippen LogP contribution is -2.26. The van der Waals surface area contributed by atoms with Gasteiger partial charge in [-0.1, -0.05) is 11.6 Å². The first-order chi connectivity index (χ1) is 6.13. The van der Waals surface area contributed by atoms with Crippen LogP contribution in [0.4, 0.5) is 0 Å². The number of aromatic nitrogens is 1. The minimum absolute atomic E-state index is 0.0825. The third-order valence-corrected chi connectivity index (χ3v) is 2.88. The van der Waals surface area contributed by atoms with Crippen LogP contribution in [0.5, 0.6) is 0 Å². The highest BCUT2D eigenvalue weighted by atomic mass is 35.5. The van der Waals surface area contributed by atoms with Gasteiger partial charge in [-0.3, -0.25) is 4.90 Å². The van der Waals surface area contributed by atoms with Crippen LogP contribution in [0.2, 0.25) is 4.47 Å². The van der Waals surface area contributed by atoms with Crippen LogP contribution in [-0.2, 0) is 6.54 Å². The Morgan fingerprint density at radius 3 is 3.00 bits per heavy atom. The van der Waals surface area contributed by atoms with Crippen LogP contribution in [0.25, 0.3) is 0 Å². The molecule has 0 fully saturated rings. The molecule has 1 atom stereocenters. The van der Waals surface area contributed by atoms with Crippen molar-refractivity contribution in [3.05, 3.63) is 15.5 Å². The Morgan fingerprint density at radius 2 is 2.54 bits per heavy atom. The van der Waals surface area contributed by atoms with E-state index in [-0.39, 0.29) is 6.04 Å². The van der Waals surface area contributed by atoms with Crippen LogP contribution in [0.1, 0.15) is 11.8 Å². The smallest absolute Gasteiger partial charge is 0.183 e. The summed E-state index contributed by atoms with van der Waals surface area (Å²) in [5, 5.41) is 8.66. The molecule has 1 aromatic rings. The molecule has 0 saturated heterocycles. The lowest BCUT2D eigenvalue weighted by molar-refractivity contribution is 0.297. The quantitative estimate of drug-likeness (QED) is 0.776. The van der Waals surface area contributed by atoms with E-state index in [1.165, 1.54) is 11.3 Å². The fourth-order valence-corrected chi connectivity index (χ4v) is 1.88. The molecule has 0 N–H and O–H groups in total. The van der Waals surface area contributed by atoms with Gasteiger partial charge in [-0.25, -0.2) is 4.98 Å². The Kier molecular flexibility index (Phi) is 3.67. The summed E-state index contributed by atoms with van der Waals surface area (Å²) >= 11 is 7.13. The van der Waals surface area contributed by atoms with E-state index in [0.29, 0.717) is 4.47 Å². The Balaban J connectivity index is 2.55. The van der Waals surface area contributed by atoms with E-state index in [1.54, 1.807) is 6.20 Å².